The van der Waals surface area contributed by atoms with Gasteiger partial charge in [-0.1, -0.05) is 0 Å². The first-order valence-electron chi connectivity index (χ1n) is 19.9. The molecule has 0 saturated carbocycles. The van der Waals surface area contributed by atoms with Gasteiger partial charge in [0.15, 0.2) is 11.5 Å². The number of nitrogens with one attached hydrogen (secondary N) is 3. The highest BCUT2D eigenvalue weighted by Crippen LogP contribution is 2.34. The van der Waals surface area contributed by atoms with Crippen molar-refractivity contribution in [3.8, 4) is 46.0 Å². The summed E-state index contributed by atoms with van der Waals surface area (Å²) in [4.78, 5) is 38.2. The summed E-state index contributed by atoms with van der Waals surface area (Å²) in [5, 5.41) is 32.6. The minimum atomic E-state index is -0.331. The van der Waals surface area contributed by atoms with E-state index in [0.29, 0.717) is 74.7 Å². The van der Waals surface area contributed by atoms with Crippen molar-refractivity contribution in [1.29, 1.82) is 0 Å². The summed E-state index contributed by atoms with van der Waals surface area (Å²) >= 11 is 0. The Morgan fingerprint density at radius 1 is 0.855 bits per heavy atom. The molecule has 312 valence electrons. The second-order valence-corrected chi connectivity index (χ2v) is 14.7. The molecule has 10 rings (SSSR count). The van der Waals surface area contributed by atoms with Crippen molar-refractivity contribution >= 4 is 58.1 Å². The summed E-state index contributed by atoms with van der Waals surface area (Å²) in [6, 6.07) is 7.92. The number of carbonyl (C=O) groups excluding carboxylic acids is 2. The minimum absolute atomic E-state index is 0.163. The van der Waals surface area contributed by atoms with Crippen LogP contribution in [0.15, 0.2) is 49.1 Å². The molecule has 0 radical (unpaired) electrons. The van der Waals surface area contributed by atoms with Gasteiger partial charge in [0, 0.05) is 51.3 Å². The zero-order valence-corrected chi connectivity index (χ0v) is 34.4. The van der Waals surface area contributed by atoms with Gasteiger partial charge in [0.05, 0.1) is 61.2 Å². The number of amides is 2. The Hall–Kier alpha value is -8.16. The van der Waals surface area contributed by atoms with E-state index < -0.39 is 0 Å². The second-order valence-electron chi connectivity index (χ2n) is 14.7. The molecular weight excluding hydrogens is 795 g/mol. The fourth-order valence-corrected chi connectivity index (χ4v) is 7.68. The molecule has 0 aliphatic carbocycles. The number of carbonyl (C=O) groups is 2. The molecule has 7 aromatic heterocycles. The lowest BCUT2D eigenvalue weighted by Gasteiger charge is -2.17. The van der Waals surface area contributed by atoms with Crippen LogP contribution in [-0.4, -0.2) is 116 Å². The lowest BCUT2D eigenvalue weighted by molar-refractivity contribution is -0.582. The maximum Gasteiger partial charge on any atom is 0.274 e. The van der Waals surface area contributed by atoms with E-state index in [1.54, 1.807) is 52.5 Å². The topological polar surface area (TPSA) is 218 Å². The van der Waals surface area contributed by atoms with Gasteiger partial charge in [-0.05, 0) is 37.3 Å². The number of hydrogen-bond acceptors (Lipinski definition) is 12. The molecule has 0 spiro atoms. The third-order valence-corrected chi connectivity index (χ3v) is 10.8. The molecule has 4 bridgehead atoms. The van der Waals surface area contributed by atoms with Crippen LogP contribution >= 0.6 is 0 Å². The molecule has 2 aliphatic heterocycles. The standard InChI is InChI=1S/C42H39N15O5/c1-6-60-41-25-10-12-29-26-18-33(27-19-46-55(4)42(27)62-16-14-53(2)40(59)35(25)52-56(41)5)57(22-32(26)51-48-29)24-9-7-23-8-11-30-36-31(50-49-30)21-44-38(47-36)37-28(20-45-54(37)3)39(58)43-13-15-61-34(23)17-24/h7-12,17-22H,6,13-16H2,1-5H3,(H2,43,44,45,47,49,50,58)/p+1/b11-8+,12-10+. The van der Waals surface area contributed by atoms with Crippen molar-refractivity contribution in [1.82, 2.24) is 69.9 Å². The van der Waals surface area contributed by atoms with Gasteiger partial charge in [0.25, 0.3) is 11.8 Å². The number of benzene rings is 1. The van der Waals surface area contributed by atoms with E-state index in [-0.39, 0.29) is 43.8 Å². The fraction of sp³-hybridized carbons (Fsp3) is 0.238. The lowest BCUT2D eigenvalue weighted by atomic mass is 10.1. The average molecular weight is 835 g/mol. The minimum Gasteiger partial charge on any atom is -0.491 e. The molecule has 3 N–H and O–H groups in total. The third-order valence-electron chi connectivity index (χ3n) is 10.8. The zero-order chi connectivity index (χ0) is 42.6. The number of ether oxygens (including phenoxy) is 3. The van der Waals surface area contributed by atoms with Crippen LogP contribution in [0.5, 0.6) is 17.5 Å². The Morgan fingerprint density at radius 3 is 2.53 bits per heavy atom. The van der Waals surface area contributed by atoms with E-state index >= 15 is 0 Å². The number of hydrogen-bond donors (Lipinski definition) is 3. The van der Waals surface area contributed by atoms with Crippen molar-refractivity contribution in [2.24, 2.45) is 21.1 Å². The van der Waals surface area contributed by atoms with Crippen molar-refractivity contribution < 1.29 is 28.4 Å². The molecular formula is C42H40N15O5+. The van der Waals surface area contributed by atoms with E-state index in [1.165, 1.54) is 6.20 Å². The van der Waals surface area contributed by atoms with Crippen molar-refractivity contribution in [3.63, 3.8) is 0 Å². The SMILES string of the molecule is CCOc1c2c(nn1C)C(=O)N(C)CCOc1c(cnn1C)-c1cc3c(n[nH]c3c[n+]1-c1ccc3c(c1)OCCNC(=O)c1cnn(C)c1-c1ncc4[nH]nc(c4n1)/C=C/3)/C=C/2. The number of likely N-dealkylation sites (N-methyl/N-ethyl adjacent to an activating group) is 1. The molecule has 20 nitrogen and oxygen atoms in total. The van der Waals surface area contributed by atoms with Crippen LogP contribution in [0.3, 0.4) is 0 Å². The van der Waals surface area contributed by atoms with E-state index in [2.05, 4.69) is 40.9 Å². The predicted octanol–water partition coefficient (Wildman–Crippen LogP) is 3.37. The Bertz CT molecular complexity index is 3150. The van der Waals surface area contributed by atoms with Crippen molar-refractivity contribution in [2.45, 2.75) is 6.92 Å². The van der Waals surface area contributed by atoms with E-state index in [9.17, 15) is 9.59 Å². The Kier molecular flexibility index (Phi) is 9.30. The highest BCUT2D eigenvalue weighted by molar-refractivity contribution is 6.00. The number of aromatic amines is 2. The summed E-state index contributed by atoms with van der Waals surface area (Å²) in [5.74, 6) is 1.27. The maximum absolute atomic E-state index is 13.8. The first-order valence-corrected chi connectivity index (χ1v) is 19.9. The van der Waals surface area contributed by atoms with Gasteiger partial charge in [0.2, 0.25) is 29.3 Å². The van der Waals surface area contributed by atoms with Crippen LogP contribution < -0.4 is 24.1 Å². The van der Waals surface area contributed by atoms with Crippen LogP contribution in [-0.2, 0) is 21.1 Å². The molecule has 2 amide bonds. The molecule has 0 atom stereocenters. The summed E-state index contributed by atoms with van der Waals surface area (Å²) in [7, 11) is 7.01. The molecule has 0 fully saturated rings. The van der Waals surface area contributed by atoms with E-state index in [1.807, 2.05) is 73.3 Å². The molecule has 9 heterocycles. The van der Waals surface area contributed by atoms with Crippen LogP contribution in [0.1, 0.15) is 50.3 Å². The van der Waals surface area contributed by atoms with E-state index in [0.717, 1.165) is 27.8 Å². The summed E-state index contributed by atoms with van der Waals surface area (Å²) in [6.07, 6.45) is 14.3. The Labute approximate surface area is 352 Å². The van der Waals surface area contributed by atoms with Crippen molar-refractivity contribution in [2.75, 3.05) is 40.0 Å². The molecule has 1 aromatic carbocycles. The number of nitrogens with zero attached hydrogens (tertiary/aromatic N) is 12. The molecule has 20 heteroatoms. The third kappa shape index (κ3) is 6.48. The summed E-state index contributed by atoms with van der Waals surface area (Å²) in [5.41, 5.74) is 7.76. The largest absolute Gasteiger partial charge is 0.491 e. The number of aromatic nitrogens is 13. The number of rotatable bonds is 3. The number of H-pyrrole nitrogens is 2. The van der Waals surface area contributed by atoms with Gasteiger partial charge >= 0.3 is 0 Å². The molecule has 0 unspecified atom stereocenters. The summed E-state index contributed by atoms with van der Waals surface area (Å²) < 4.78 is 25.7. The monoisotopic (exact) mass is 834 g/mol. The first kappa shape index (κ1) is 38.1. The lowest BCUT2D eigenvalue weighted by Crippen LogP contribution is -2.34. The maximum atomic E-state index is 13.8. The fourth-order valence-electron chi connectivity index (χ4n) is 7.68. The smallest absolute Gasteiger partial charge is 0.274 e. The Balaban J connectivity index is 1.10. The second kappa shape index (κ2) is 15.1. The first-order chi connectivity index (χ1) is 30.2. The van der Waals surface area contributed by atoms with Crippen molar-refractivity contribution in [3.05, 3.63) is 82.8 Å². The van der Waals surface area contributed by atoms with Gasteiger partial charge in [-0.3, -0.25) is 24.5 Å². The van der Waals surface area contributed by atoms with Crippen LogP contribution in [0.2, 0.25) is 0 Å². The van der Waals surface area contributed by atoms with Crippen LogP contribution in [0.4, 0.5) is 0 Å². The summed E-state index contributed by atoms with van der Waals surface area (Å²) in [6.45, 7) is 3.10. The van der Waals surface area contributed by atoms with Gasteiger partial charge in [-0.2, -0.15) is 30.1 Å². The average Bonchev–Trinajstić information content (AvgIpc) is 4.11. The van der Waals surface area contributed by atoms with E-state index in [4.69, 9.17) is 24.3 Å². The number of aryl methyl sites for hydroxylation is 3. The highest BCUT2D eigenvalue weighted by atomic mass is 16.5. The quantitative estimate of drug-likeness (QED) is 0.219. The molecule has 62 heavy (non-hydrogen) atoms. The number of pyridine rings is 1. The molecule has 2 aliphatic rings. The highest BCUT2D eigenvalue weighted by Gasteiger charge is 2.29. The molecule has 0 saturated heterocycles. The Morgan fingerprint density at radius 2 is 1.66 bits per heavy atom. The zero-order valence-electron chi connectivity index (χ0n) is 34.4. The van der Waals surface area contributed by atoms with Gasteiger partial charge in [-0.15, -0.1) is 0 Å². The van der Waals surface area contributed by atoms with Gasteiger partial charge in [-0.25, -0.2) is 19.3 Å². The van der Waals surface area contributed by atoms with Crippen LogP contribution in [0.25, 0.3) is 74.7 Å². The van der Waals surface area contributed by atoms with Gasteiger partial charge in [0.1, 0.15) is 52.5 Å². The molecule has 8 aromatic rings. The normalized spacial score (nSPS) is 15.3. The predicted molar refractivity (Wildman–Crippen MR) is 226 cm³/mol. The van der Waals surface area contributed by atoms with Crippen LogP contribution in [0, 0.1) is 0 Å². The van der Waals surface area contributed by atoms with Gasteiger partial charge < -0.3 is 24.4 Å². The number of fused-ring (bicyclic) bond motifs is 8.